The summed E-state index contributed by atoms with van der Waals surface area (Å²) in [5.41, 5.74) is 2.90. The quantitative estimate of drug-likeness (QED) is 0.639. The maximum Gasteiger partial charge on any atom is 0.267 e. The number of rotatable bonds is 5. The van der Waals surface area contributed by atoms with Crippen LogP contribution in [0.3, 0.4) is 0 Å². The first-order valence-corrected chi connectivity index (χ1v) is 11.2. The van der Waals surface area contributed by atoms with Gasteiger partial charge in [0.25, 0.3) is 15.9 Å². The van der Waals surface area contributed by atoms with Crippen molar-refractivity contribution in [1.29, 1.82) is 0 Å². The molecule has 2 N–H and O–H groups in total. The van der Waals surface area contributed by atoms with E-state index < -0.39 is 10.0 Å². The minimum atomic E-state index is -3.80. The summed E-state index contributed by atoms with van der Waals surface area (Å²) >= 11 is 1.18. The van der Waals surface area contributed by atoms with Crippen LogP contribution in [0.1, 0.15) is 18.3 Å². The van der Waals surface area contributed by atoms with Crippen LogP contribution in [0.4, 0.5) is 10.8 Å². The molecule has 1 aliphatic rings. The van der Waals surface area contributed by atoms with E-state index in [0.717, 1.165) is 5.56 Å². The monoisotopic (exact) mass is 433 g/mol. The van der Waals surface area contributed by atoms with Crippen molar-refractivity contribution in [3.63, 3.8) is 0 Å². The maximum atomic E-state index is 12.7. The normalized spacial score (nSPS) is 13.9. The molecule has 0 radical (unpaired) electrons. The Morgan fingerprint density at radius 1 is 1.34 bits per heavy atom. The van der Waals surface area contributed by atoms with E-state index >= 15 is 0 Å². The highest BCUT2D eigenvalue weighted by Gasteiger charge is 2.26. The summed E-state index contributed by atoms with van der Waals surface area (Å²) < 4.78 is 33.4. The van der Waals surface area contributed by atoms with Crippen LogP contribution >= 0.6 is 11.3 Å². The van der Waals surface area contributed by atoms with E-state index in [4.69, 9.17) is 4.74 Å². The van der Waals surface area contributed by atoms with Crippen molar-refractivity contribution >= 4 is 38.1 Å². The Kier molecular flexibility index (Phi) is 4.79. The second-order valence-electron chi connectivity index (χ2n) is 6.52. The van der Waals surface area contributed by atoms with Crippen molar-refractivity contribution in [2.75, 3.05) is 22.8 Å². The fraction of sp³-hybridized carbons (Fsp3) is 0.278. The predicted molar refractivity (Wildman–Crippen MR) is 110 cm³/mol. The minimum absolute atomic E-state index is 0.0235. The van der Waals surface area contributed by atoms with Gasteiger partial charge in [0.05, 0.1) is 22.8 Å². The molecule has 2 aromatic heterocycles. The first-order chi connectivity index (χ1) is 13.8. The molecule has 1 aliphatic heterocycles. The lowest BCUT2D eigenvalue weighted by atomic mass is 10.1. The number of likely N-dealkylation sites (N-methyl/N-ethyl adjacent to an activating group) is 1. The molecule has 152 valence electrons. The number of sulfonamides is 1. The van der Waals surface area contributed by atoms with Crippen LogP contribution in [-0.4, -0.2) is 42.7 Å². The molecule has 9 nitrogen and oxygen atoms in total. The lowest BCUT2D eigenvalue weighted by molar-refractivity contribution is -0.121. The lowest BCUT2D eigenvalue weighted by Gasteiger charge is -2.28. The lowest BCUT2D eigenvalue weighted by Crippen LogP contribution is -2.38. The highest BCUT2D eigenvalue weighted by atomic mass is 32.2. The van der Waals surface area contributed by atoms with Gasteiger partial charge in [-0.05, 0) is 39.0 Å². The van der Waals surface area contributed by atoms with Crippen LogP contribution in [0.2, 0.25) is 0 Å². The zero-order chi connectivity index (χ0) is 20.8. The third-order valence-electron chi connectivity index (χ3n) is 4.57. The molecule has 0 aliphatic carbocycles. The van der Waals surface area contributed by atoms with Crippen LogP contribution in [-0.2, 0) is 14.8 Å². The molecule has 11 heteroatoms. The van der Waals surface area contributed by atoms with Crippen molar-refractivity contribution in [3.05, 3.63) is 35.0 Å². The van der Waals surface area contributed by atoms with Gasteiger partial charge >= 0.3 is 0 Å². The number of aromatic amines is 1. The van der Waals surface area contributed by atoms with Crippen LogP contribution in [0.5, 0.6) is 5.75 Å². The molecule has 0 fully saturated rings. The molecule has 3 aromatic rings. The second kappa shape index (κ2) is 7.16. The number of nitrogens with one attached hydrogen (secondary N) is 2. The number of benzene rings is 1. The van der Waals surface area contributed by atoms with E-state index in [9.17, 15) is 13.2 Å². The average molecular weight is 434 g/mol. The van der Waals surface area contributed by atoms with Crippen molar-refractivity contribution in [3.8, 4) is 17.0 Å². The van der Waals surface area contributed by atoms with Gasteiger partial charge in [0.1, 0.15) is 10.6 Å². The number of hydrogen-bond donors (Lipinski definition) is 2. The molecule has 0 saturated carbocycles. The van der Waals surface area contributed by atoms with E-state index in [0.29, 0.717) is 35.1 Å². The number of amides is 1. The van der Waals surface area contributed by atoms with Crippen LogP contribution < -0.4 is 14.4 Å². The maximum absolute atomic E-state index is 12.7. The SMILES string of the molecule is CCN1C(=O)COc2ccc(-c3csc(NS(=O)(=O)c4c(C)n[nH]c4C)n3)cc21. The predicted octanol–water partition coefficient (Wildman–Crippen LogP) is 2.70. The summed E-state index contributed by atoms with van der Waals surface area (Å²) in [5, 5.41) is 8.61. The number of hydrogen-bond acceptors (Lipinski definition) is 7. The molecule has 1 amide bonds. The molecule has 3 heterocycles. The summed E-state index contributed by atoms with van der Waals surface area (Å²) in [7, 11) is -3.80. The Balaban J connectivity index is 1.63. The number of aromatic nitrogens is 3. The Hall–Kier alpha value is -2.92. The zero-order valence-electron chi connectivity index (χ0n) is 16.0. The summed E-state index contributed by atoms with van der Waals surface area (Å²) in [5.74, 6) is 0.534. The second-order valence-corrected chi connectivity index (χ2v) is 8.99. The largest absolute Gasteiger partial charge is 0.482 e. The number of thiazole rings is 1. The van der Waals surface area contributed by atoms with Gasteiger partial charge in [-0.15, -0.1) is 11.3 Å². The number of H-pyrrole nitrogens is 1. The highest BCUT2D eigenvalue weighted by molar-refractivity contribution is 7.93. The van der Waals surface area contributed by atoms with Crippen LogP contribution in [0.15, 0.2) is 28.5 Å². The van der Waals surface area contributed by atoms with E-state index in [2.05, 4.69) is 19.9 Å². The molecule has 0 atom stereocenters. The smallest absolute Gasteiger partial charge is 0.267 e. The third kappa shape index (κ3) is 3.47. The summed E-state index contributed by atoms with van der Waals surface area (Å²) in [4.78, 5) is 18.3. The number of nitrogens with zero attached hydrogens (tertiary/aromatic N) is 3. The number of anilines is 2. The number of ether oxygens (including phenoxy) is 1. The van der Waals surface area contributed by atoms with Crippen molar-refractivity contribution in [1.82, 2.24) is 15.2 Å². The Morgan fingerprint density at radius 3 is 2.83 bits per heavy atom. The summed E-state index contributed by atoms with van der Waals surface area (Å²) in [6.07, 6.45) is 0. The third-order valence-corrected chi connectivity index (χ3v) is 7.06. The van der Waals surface area contributed by atoms with Crippen LogP contribution in [0.25, 0.3) is 11.3 Å². The molecule has 0 saturated heterocycles. The zero-order valence-corrected chi connectivity index (χ0v) is 17.6. The molecule has 0 bridgehead atoms. The van der Waals surface area contributed by atoms with Gasteiger partial charge in [-0.1, -0.05) is 0 Å². The number of carbonyl (C=O) groups excluding carboxylic acids is 1. The summed E-state index contributed by atoms with van der Waals surface area (Å²) in [6.45, 7) is 5.73. The Morgan fingerprint density at radius 2 is 2.14 bits per heavy atom. The molecule has 0 spiro atoms. The molecular weight excluding hydrogens is 414 g/mol. The highest BCUT2D eigenvalue weighted by Crippen LogP contribution is 2.37. The Bertz CT molecular complexity index is 1180. The van der Waals surface area contributed by atoms with Gasteiger partial charge in [0, 0.05) is 17.5 Å². The molecule has 0 unspecified atom stereocenters. The van der Waals surface area contributed by atoms with Gasteiger partial charge in [-0.3, -0.25) is 14.6 Å². The van der Waals surface area contributed by atoms with E-state index in [1.165, 1.54) is 11.3 Å². The van der Waals surface area contributed by atoms with E-state index in [1.807, 2.05) is 19.1 Å². The van der Waals surface area contributed by atoms with Crippen molar-refractivity contribution < 1.29 is 17.9 Å². The molecule has 1 aromatic carbocycles. The number of carbonyl (C=O) groups is 1. The van der Waals surface area contributed by atoms with Gasteiger partial charge in [0.2, 0.25) is 0 Å². The average Bonchev–Trinajstić information content (AvgIpc) is 3.27. The summed E-state index contributed by atoms with van der Waals surface area (Å²) in [6, 6.07) is 5.45. The Labute approximate surface area is 171 Å². The number of fused-ring (bicyclic) bond motifs is 1. The fourth-order valence-electron chi connectivity index (χ4n) is 3.26. The van der Waals surface area contributed by atoms with Crippen LogP contribution in [0, 0.1) is 13.8 Å². The molecular formula is C18H19N5O4S2. The van der Waals surface area contributed by atoms with Gasteiger partial charge in [-0.25, -0.2) is 13.4 Å². The molecule has 4 rings (SSSR count). The van der Waals surface area contributed by atoms with Gasteiger partial charge in [0.15, 0.2) is 11.7 Å². The van der Waals surface area contributed by atoms with E-state index in [1.54, 1.807) is 30.2 Å². The van der Waals surface area contributed by atoms with Crippen molar-refractivity contribution in [2.24, 2.45) is 0 Å². The first kappa shape index (κ1) is 19.4. The number of aryl methyl sites for hydroxylation is 2. The van der Waals surface area contributed by atoms with Gasteiger partial charge < -0.3 is 9.64 Å². The van der Waals surface area contributed by atoms with E-state index in [-0.39, 0.29) is 22.5 Å². The molecule has 29 heavy (non-hydrogen) atoms. The van der Waals surface area contributed by atoms with Crippen molar-refractivity contribution in [2.45, 2.75) is 25.7 Å². The first-order valence-electron chi connectivity index (χ1n) is 8.87. The fourth-order valence-corrected chi connectivity index (χ4v) is 5.61. The minimum Gasteiger partial charge on any atom is -0.482 e. The standard InChI is InChI=1S/C18H19N5O4S2/c1-4-23-14-7-12(5-6-15(14)27-8-16(23)24)13-9-28-18(19-13)22-29(25,26)17-10(2)20-21-11(17)3/h5-7,9H,4,8H2,1-3H3,(H,19,22)(H,20,21). The van der Waals surface area contributed by atoms with Gasteiger partial charge in [-0.2, -0.15) is 5.10 Å². The topological polar surface area (TPSA) is 117 Å².